The van der Waals surface area contributed by atoms with E-state index in [0.29, 0.717) is 19.7 Å². The van der Waals surface area contributed by atoms with E-state index in [1.165, 1.54) is 4.90 Å². The number of hydrogen-bond acceptors (Lipinski definition) is 6. The highest BCUT2D eigenvalue weighted by atomic mass is 16.5. The molecule has 2 unspecified atom stereocenters. The summed E-state index contributed by atoms with van der Waals surface area (Å²) in [5.74, 6) is 1.49. The summed E-state index contributed by atoms with van der Waals surface area (Å²) in [7, 11) is 1.75. The zero-order valence-corrected chi connectivity index (χ0v) is 18.1. The van der Waals surface area contributed by atoms with E-state index in [0.717, 1.165) is 49.6 Å². The predicted octanol–water partition coefficient (Wildman–Crippen LogP) is 2.75. The lowest BCUT2D eigenvalue weighted by molar-refractivity contribution is -0.137. The zero-order chi connectivity index (χ0) is 21.3. The summed E-state index contributed by atoms with van der Waals surface area (Å²) in [6, 6.07) is 7.24. The lowest BCUT2D eigenvalue weighted by atomic mass is 10.1. The number of amides is 3. The fraction of sp³-hybridized carbons (Fsp3) is 0.591. The van der Waals surface area contributed by atoms with Crippen molar-refractivity contribution in [1.82, 2.24) is 14.7 Å². The van der Waals surface area contributed by atoms with E-state index in [9.17, 15) is 9.59 Å². The molecular weight excluding hydrogens is 382 g/mol. The maximum atomic E-state index is 13.3. The Bertz CT molecular complexity index is 825. The number of benzene rings is 1. The van der Waals surface area contributed by atoms with Crippen molar-refractivity contribution in [2.45, 2.75) is 51.7 Å². The Morgan fingerprint density at radius 2 is 1.83 bits per heavy atom. The van der Waals surface area contributed by atoms with Crippen LogP contribution in [0.25, 0.3) is 0 Å². The van der Waals surface area contributed by atoms with Crippen LogP contribution in [0.3, 0.4) is 0 Å². The SMILES string of the molecule is CCCCCCN1C(=O)C2C(N=C3N(c4ccc(OCC)cc4)CCN32)N(C)C1=O. The highest BCUT2D eigenvalue weighted by molar-refractivity contribution is 6.07. The summed E-state index contributed by atoms with van der Waals surface area (Å²) in [5, 5.41) is 0. The highest BCUT2D eigenvalue weighted by Gasteiger charge is 2.54. The second-order valence-corrected chi connectivity index (χ2v) is 8.00. The molecular formula is C22H31N5O3. The number of guanidine groups is 1. The van der Waals surface area contributed by atoms with Gasteiger partial charge in [-0.05, 0) is 37.6 Å². The minimum atomic E-state index is -0.461. The Morgan fingerprint density at radius 3 is 2.53 bits per heavy atom. The lowest BCUT2D eigenvalue weighted by Crippen LogP contribution is -2.64. The predicted molar refractivity (Wildman–Crippen MR) is 116 cm³/mol. The van der Waals surface area contributed by atoms with Crippen LogP contribution in [0.4, 0.5) is 10.5 Å². The van der Waals surface area contributed by atoms with Gasteiger partial charge in [-0.15, -0.1) is 0 Å². The molecule has 3 amide bonds. The van der Waals surface area contributed by atoms with Crippen LogP contribution in [0.1, 0.15) is 39.5 Å². The summed E-state index contributed by atoms with van der Waals surface area (Å²) in [5.41, 5.74) is 1.01. The van der Waals surface area contributed by atoms with Crippen LogP contribution in [0, 0.1) is 0 Å². The molecule has 1 aromatic rings. The summed E-state index contributed by atoms with van der Waals surface area (Å²) < 4.78 is 5.53. The molecule has 0 N–H and O–H groups in total. The molecule has 0 aromatic heterocycles. The number of imide groups is 1. The molecule has 3 aliphatic rings. The molecule has 30 heavy (non-hydrogen) atoms. The van der Waals surface area contributed by atoms with Gasteiger partial charge in [0.2, 0.25) is 5.96 Å². The summed E-state index contributed by atoms with van der Waals surface area (Å²) in [4.78, 5) is 38.1. The fourth-order valence-electron chi connectivity index (χ4n) is 4.47. The summed E-state index contributed by atoms with van der Waals surface area (Å²) >= 11 is 0. The third kappa shape index (κ3) is 3.48. The molecule has 8 heteroatoms. The first kappa shape index (κ1) is 20.5. The molecule has 2 fully saturated rings. The van der Waals surface area contributed by atoms with Gasteiger partial charge < -0.3 is 19.4 Å². The zero-order valence-electron chi connectivity index (χ0n) is 18.1. The molecule has 0 spiro atoms. The first-order valence-electron chi connectivity index (χ1n) is 11.0. The van der Waals surface area contributed by atoms with E-state index in [1.54, 1.807) is 11.9 Å². The van der Waals surface area contributed by atoms with Gasteiger partial charge in [0, 0.05) is 32.4 Å². The largest absolute Gasteiger partial charge is 0.494 e. The van der Waals surface area contributed by atoms with Crippen molar-refractivity contribution in [3.05, 3.63) is 24.3 Å². The van der Waals surface area contributed by atoms with Crippen LogP contribution in [-0.4, -0.2) is 78.1 Å². The molecule has 0 saturated carbocycles. The summed E-state index contributed by atoms with van der Waals surface area (Å²) in [6.07, 6.45) is 3.66. The maximum absolute atomic E-state index is 13.3. The standard InChI is InChI=1S/C22H31N5O3/c1-4-6-7-8-13-27-20(28)18-19(24(3)22(27)29)23-21-25(14-15-26(18)21)16-9-11-17(12-10-16)30-5-2/h9-12,18-19H,4-8,13-15H2,1-3H3. The van der Waals surface area contributed by atoms with Crippen molar-refractivity contribution in [2.75, 3.05) is 38.2 Å². The number of aliphatic imine (C=N–C) groups is 1. The second-order valence-electron chi connectivity index (χ2n) is 8.00. The average molecular weight is 414 g/mol. The molecule has 0 radical (unpaired) electrons. The normalized spacial score (nSPS) is 23.1. The smallest absolute Gasteiger partial charge is 0.328 e. The monoisotopic (exact) mass is 413 g/mol. The van der Waals surface area contributed by atoms with Crippen LogP contribution in [0.2, 0.25) is 0 Å². The van der Waals surface area contributed by atoms with Gasteiger partial charge in [-0.3, -0.25) is 9.69 Å². The molecule has 2 saturated heterocycles. The number of carbonyl (C=O) groups excluding carboxylic acids is 2. The quantitative estimate of drug-likeness (QED) is 0.613. The van der Waals surface area contributed by atoms with E-state index in [2.05, 4.69) is 16.7 Å². The van der Waals surface area contributed by atoms with Crippen LogP contribution in [0.15, 0.2) is 29.3 Å². The van der Waals surface area contributed by atoms with E-state index < -0.39 is 12.2 Å². The Labute approximate surface area is 178 Å². The van der Waals surface area contributed by atoms with Crippen molar-refractivity contribution in [1.29, 1.82) is 0 Å². The van der Waals surface area contributed by atoms with E-state index in [-0.39, 0.29) is 11.9 Å². The van der Waals surface area contributed by atoms with Crippen molar-refractivity contribution in [3.8, 4) is 5.75 Å². The van der Waals surface area contributed by atoms with Crippen molar-refractivity contribution >= 4 is 23.6 Å². The van der Waals surface area contributed by atoms with Crippen LogP contribution in [-0.2, 0) is 4.79 Å². The van der Waals surface area contributed by atoms with E-state index in [1.807, 2.05) is 31.2 Å². The number of ether oxygens (including phenoxy) is 1. The van der Waals surface area contributed by atoms with Crippen molar-refractivity contribution < 1.29 is 14.3 Å². The second kappa shape index (κ2) is 8.53. The lowest BCUT2D eigenvalue weighted by Gasteiger charge is -2.40. The number of carbonyl (C=O) groups is 2. The summed E-state index contributed by atoms with van der Waals surface area (Å²) in [6.45, 7) is 6.70. The number of hydrogen-bond donors (Lipinski definition) is 0. The van der Waals surface area contributed by atoms with Crippen molar-refractivity contribution in [3.63, 3.8) is 0 Å². The van der Waals surface area contributed by atoms with Crippen molar-refractivity contribution in [2.24, 2.45) is 4.99 Å². The van der Waals surface area contributed by atoms with Gasteiger partial charge in [-0.25, -0.2) is 9.79 Å². The highest BCUT2D eigenvalue weighted by Crippen LogP contribution is 2.33. The number of unbranched alkanes of at least 4 members (excludes halogenated alkanes) is 3. The number of likely N-dealkylation sites (N-methyl/N-ethyl adjacent to an activating group) is 1. The van der Waals surface area contributed by atoms with Gasteiger partial charge in [-0.1, -0.05) is 26.2 Å². The minimum absolute atomic E-state index is 0.119. The van der Waals surface area contributed by atoms with E-state index in [4.69, 9.17) is 9.73 Å². The van der Waals surface area contributed by atoms with Gasteiger partial charge >= 0.3 is 6.03 Å². The number of nitrogens with zero attached hydrogens (tertiary/aromatic N) is 5. The van der Waals surface area contributed by atoms with Gasteiger partial charge in [-0.2, -0.15) is 0 Å². The first-order valence-corrected chi connectivity index (χ1v) is 11.0. The molecule has 3 heterocycles. The third-order valence-electron chi connectivity index (χ3n) is 6.07. The maximum Gasteiger partial charge on any atom is 0.328 e. The molecule has 3 aliphatic heterocycles. The van der Waals surface area contributed by atoms with Gasteiger partial charge in [0.05, 0.1) is 6.61 Å². The van der Waals surface area contributed by atoms with Crippen LogP contribution in [0.5, 0.6) is 5.75 Å². The Balaban J connectivity index is 1.51. The third-order valence-corrected chi connectivity index (χ3v) is 6.07. The molecule has 0 bridgehead atoms. The van der Waals surface area contributed by atoms with Crippen LogP contribution >= 0.6 is 0 Å². The van der Waals surface area contributed by atoms with E-state index >= 15 is 0 Å². The topological polar surface area (TPSA) is 68.7 Å². The number of urea groups is 1. The Hall–Kier alpha value is -2.77. The van der Waals surface area contributed by atoms with Gasteiger partial charge in [0.25, 0.3) is 5.91 Å². The molecule has 162 valence electrons. The van der Waals surface area contributed by atoms with Crippen LogP contribution < -0.4 is 9.64 Å². The number of fused-ring (bicyclic) bond motifs is 3. The fourth-order valence-corrected chi connectivity index (χ4v) is 4.47. The van der Waals surface area contributed by atoms with Gasteiger partial charge in [0.1, 0.15) is 5.75 Å². The first-order chi connectivity index (χ1) is 14.6. The average Bonchev–Trinajstić information content (AvgIpc) is 3.32. The Morgan fingerprint density at radius 1 is 1.07 bits per heavy atom. The Kier molecular flexibility index (Phi) is 5.83. The van der Waals surface area contributed by atoms with Gasteiger partial charge in [0.15, 0.2) is 12.2 Å². The number of anilines is 1. The molecule has 2 atom stereocenters. The molecule has 8 nitrogen and oxygen atoms in total. The molecule has 1 aromatic carbocycles. The molecule has 0 aliphatic carbocycles. The number of rotatable bonds is 8. The molecule has 4 rings (SSSR count). The minimum Gasteiger partial charge on any atom is -0.494 e.